The summed E-state index contributed by atoms with van der Waals surface area (Å²) in [4.78, 5) is 0. The minimum atomic E-state index is 0. The Morgan fingerprint density at radius 2 is 1.14 bits per heavy atom. The van der Waals surface area contributed by atoms with Gasteiger partial charge in [0.25, 0.3) is 0 Å². The molecule has 2 N–H and O–H groups in total. The van der Waals surface area contributed by atoms with Crippen LogP contribution in [-0.2, 0) is 26.2 Å². The maximum absolute atomic E-state index is 8.90. The number of benzene rings is 2. The number of hydrogen-bond acceptors (Lipinski definition) is 2. The van der Waals surface area contributed by atoms with Crippen LogP contribution in [0.3, 0.4) is 0 Å². The minimum absolute atomic E-state index is 0. The largest absolute Gasteiger partial charge is 2.00 e. The number of allylic oxidation sites excluding steroid dienone is 8. The van der Waals surface area contributed by atoms with Crippen molar-refractivity contribution < 1.29 is 36.4 Å². The number of phenols is 2. The van der Waals surface area contributed by atoms with E-state index in [1.807, 2.05) is 36.4 Å². The maximum Gasteiger partial charge on any atom is 2.00 e. The van der Waals surface area contributed by atoms with E-state index in [0.29, 0.717) is 0 Å². The van der Waals surface area contributed by atoms with E-state index in [9.17, 15) is 0 Å². The molecular formula is C26H26O2Zr. The third-order valence-electron chi connectivity index (χ3n) is 3.38. The summed E-state index contributed by atoms with van der Waals surface area (Å²) in [7, 11) is 0. The quantitative estimate of drug-likeness (QED) is 0.490. The van der Waals surface area contributed by atoms with Crippen LogP contribution >= 0.6 is 0 Å². The van der Waals surface area contributed by atoms with Crippen LogP contribution in [0.5, 0.6) is 11.5 Å². The molecule has 29 heavy (non-hydrogen) atoms. The first-order valence-corrected chi connectivity index (χ1v) is 8.92. The topological polar surface area (TPSA) is 40.5 Å². The van der Waals surface area contributed by atoms with Gasteiger partial charge in [0.2, 0.25) is 0 Å². The van der Waals surface area contributed by atoms with Gasteiger partial charge in [0.15, 0.2) is 0 Å². The zero-order chi connectivity index (χ0) is 20.5. The Morgan fingerprint density at radius 3 is 1.31 bits per heavy atom. The molecular weight excluding hydrogens is 436 g/mol. The summed E-state index contributed by atoms with van der Waals surface area (Å²) >= 11 is 0. The Morgan fingerprint density at radius 1 is 0.724 bits per heavy atom. The average Bonchev–Trinajstić information content (AvgIpc) is 3.47. The van der Waals surface area contributed by atoms with E-state index in [1.165, 1.54) is 0 Å². The summed E-state index contributed by atoms with van der Waals surface area (Å²) in [6.07, 6.45) is 23.4. The molecule has 2 nitrogen and oxygen atoms in total. The van der Waals surface area contributed by atoms with Gasteiger partial charge in [0, 0.05) is 0 Å². The van der Waals surface area contributed by atoms with Gasteiger partial charge < -0.3 is 10.2 Å². The van der Waals surface area contributed by atoms with Crippen molar-refractivity contribution in [2.24, 2.45) is 0 Å². The Bertz CT molecular complexity index is 754. The van der Waals surface area contributed by atoms with Crippen LogP contribution < -0.4 is 0 Å². The summed E-state index contributed by atoms with van der Waals surface area (Å²) in [6.45, 7) is 7.12. The van der Waals surface area contributed by atoms with Crippen molar-refractivity contribution in [3.8, 4) is 11.5 Å². The molecule has 2 aliphatic rings. The zero-order valence-corrected chi connectivity index (χ0v) is 18.9. The third kappa shape index (κ3) is 14.1. The molecule has 2 aromatic carbocycles. The molecule has 0 saturated heterocycles. The van der Waals surface area contributed by atoms with Crippen molar-refractivity contribution in [1.82, 2.24) is 0 Å². The fraction of sp³-hybridized carbons (Fsp3) is 0.0769. The normalized spacial score (nSPS) is 11.6. The van der Waals surface area contributed by atoms with E-state index < -0.39 is 0 Å². The monoisotopic (exact) mass is 460 g/mol. The summed E-state index contributed by atoms with van der Waals surface area (Å²) in [6, 6.07) is 13.9. The Balaban J connectivity index is 0.000000369. The first kappa shape index (κ1) is 26.4. The number of aromatic hydroxyl groups is 2. The van der Waals surface area contributed by atoms with Crippen molar-refractivity contribution in [2.75, 3.05) is 0 Å². The molecule has 0 atom stereocenters. The van der Waals surface area contributed by atoms with Crippen molar-refractivity contribution in [3.05, 3.63) is 121 Å². The molecule has 2 aromatic rings. The molecule has 0 bridgehead atoms. The van der Waals surface area contributed by atoms with Crippen LogP contribution in [0.15, 0.2) is 98.1 Å². The number of phenolic OH excluding ortho intramolecular Hbond substituents is 2. The molecule has 2 aliphatic carbocycles. The van der Waals surface area contributed by atoms with E-state index in [2.05, 4.69) is 37.5 Å². The van der Waals surface area contributed by atoms with Crippen molar-refractivity contribution in [3.63, 3.8) is 0 Å². The molecule has 146 valence electrons. The molecule has 0 saturated carbocycles. The van der Waals surface area contributed by atoms with Gasteiger partial charge in [-0.05, 0) is 35.4 Å². The SMILES string of the molecule is C=Cc1cccc(O)c1.C=Cc1cccc(O)c1.[C-]1=CC=CC1.[C-]1=CC=CC1.[Zr+2]. The Kier molecular flexibility index (Phi) is 15.9. The van der Waals surface area contributed by atoms with Gasteiger partial charge in [0.05, 0.1) is 0 Å². The second-order valence-electron chi connectivity index (χ2n) is 5.60. The summed E-state index contributed by atoms with van der Waals surface area (Å²) < 4.78 is 0. The van der Waals surface area contributed by atoms with Gasteiger partial charge in [-0.25, -0.2) is 24.3 Å². The molecule has 0 aliphatic heterocycles. The van der Waals surface area contributed by atoms with Crippen molar-refractivity contribution in [1.29, 1.82) is 0 Å². The smallest absolute Gasteiger partial charge is 0.508 e. The van der Waals surface area contributed by atoms with Crippen LogP contribution in [0, 0.1) is 12.2 Å². The predicted octanol–water partition coefficient (Wildman–Crippen LogP) is 6.68. The van der Waals surface area contributed by atoms with Crippen molar-refractivity contribution in [2.45, 2.75) is 12.8 Å². The standard InChI is InChI=1S/2C8H8O.2C5H5.Zr/c2*1-2-7-4-3-5-8(9)6-7;2*1-2-4-5-3-1;/h2*2-6,9H,1H2;2*1-3H,4H2;/q;;2*-1;+2. The Labute approximate surface area is 193 Å². The fourth-order valence-corrected chi connectivity index (χ4v) is 1.98. The van der Waals surface area contributed by atoms with Gasteiger partial charge >= 0.3 is 26.2 Å². The van der Waals surface area contributed by atoms with Crippen LogP contribution in [0.25, 0.3) is 12.2 Å². The van der Waals surface area contributed by atoms with E-state index in [1.54, 1.807) is 48.6 Å². The third-order valence-corrected chi connectivity index (χ3v) is 3.38. The molecule has 4 rings (SSSR count). The van der Waals surface area contributed by atoms with E-state index in [0.717, 1.165) is 24.0 Å². The second kappa shape index (κ2) is 17.5. The molecule has 0 spiro atoms. The van der Waals surface area contributed by atoms with E-state index in [-0.39, 0.29) is 37.7 Å². The summed E-state index contributed by atoms with van der Waals surface area (Å²) in [5, 5.41) is 17.8. The molecule has 0 aromatic heterocycles. The van der Waals surface area contributed by atoms with Gasteiger partial charge in [-0.2, -0.15) is 12.2 Å². The first-order chi connectivity index (χ1) is 13.7. The maximum atomic E-state index is 8.90. The van der Waals surface area contributed by atoms with Gasteiger partial charge in [0.1, 0.15) is 11.5 Å². The molecule has 0 amide bonds. The molecule has 0 unspecified atom stereocenters. The zero-order valence-electron chi connectivity index (χ0n) is 16.5. The Hall–Kier alpha value is -2.64. The van der Waals surface area contributed by atoms with Crippen LogP contribution in [0.1, 0.15) is 24.0 Å². The molecule has 0 heterocycles. The summed E-state index contributed by atoms with van der Waals surface area (Å²) in [5.41, 5.74) is 1.88. The first-order valence-electron chi connectivity index (χ1n) is 8.92. The summed E-state index contributed by atoms with van der Waals surface area (Å²) in [5.74, 6) is 0.569. The van der Waals surface area contributed by atoms with Crippen LogP contribution in [0.2, 0.25) is 0 Å². The van der Waals surface area contributed by atoms with Gasteiger partial charge in [-0.1, -0.05) is 49.6 Å². The molecule has 0 radical (unpaired) electrons. The average molecular weight is 462 g/mol. The number of rotatable bonds is 2. The van der Waals surface area contributed by atoms with Gasteiger partial charge in [-0.15, -0.1) is 12.8 Å². The van der Waals surface area contributed by atoms with Gasteiger partial charge in [-0.3, -0.25) is 12.2 Å². The van der Waals surface area contributed by atoms with Crippen molar-refractivity contribution >= 4 is 12.2 Å². The van der Waals surface area contributed by atoms with E-state index in [4.69, 9.17) is 10.2 Å². The fourth-order valence-electron chi connectivity index (χ4n) is 1.98. The molecule has 0 fully saturated rings. The second-order valence-corrected chi connectivity index (χ2v) is 5.60. The van der Waals surface area contributed by atoms with Crippen LogP contribution in [-0.4, -0.2) is 10.2 Å². The predicted molar refractivity (Wildman–Crippen MR) is 120 cm³/mol. The van der Waals surface area contributed by atoms with Crippen LogP contribution in [0.4, 0.5) is 0 Å². The van der Waals surface area contributed by atoms with E-state index >= 15 is 0 Å². The molecule has 3 heteroatoms. The number of hydrogen-bond donors (Lipinski definition) is 2. The minimum Gasteiger partial charge on any atom is -0.508 e.